The summed E-state index contributed by atoms with van der Waals surface area (Å²) in [5, 5.41) is 2.82. The quantitative estimate of drug-likeness (QED) is 0.774. The number of rotatable bonds is 7. The van der Waals surface area contributed by atoms with E-state index in [1.54, 1.807) is 7.11 Å². The van der Waals surface area contributed by atoms with Crippen molar-refractivity contribution in [2.75, 3.05) is 32.1 Å². The molecule has 0 radical (unpaired) electrons. The fourth-order valence-electron chi connectivity index (χ4n) is 1.82. The molecule has 0 bridgehead atoms. The molecule has 2 amide bonds. The van der Waals surface area contributed by atoms with Crippen molar-refractivity contribution in [3.8, 4) is 0 Å². The summed E-state index contributed by atoms with van der Waals surface area (Å²) < 4.78 is 4.95. The molecule has 0 atom stereocenters. The lowest BCUT2D eigenvalue weighted by atomic mass is 10.2. The van der Waals surface area contributed by atoms with Crippen molar-refractivity contribution in [3.05, 3.63) is 29.8 Å². The fourth-order valence-corrected chi connectivity index (χ4v) is 1.82. The summed E-state index contributed by atoms with van der Waals surface area (Å²) in [6.45, 7) is 4.55. The number of benzene rings is 1. The van der Waals surface area contributed by atoms with Gasteiger partial charge in [0.25, 0.3) is 0 Å². The number of aryl methyl sites for hydroxylation is 1. The lowest BCUT2D eigenvalue weighted by Crippen LogP contribution is -2.37. The van der Waals surface area contributed by atoms with Crippen molar-refractivity contribution < 1.29 is 14.3 Å². The summed E-state index contributed by atoms with van der Waals surface area (Å²) >= 11 is 0. The Labute approximate surface area is 119 Å². The molecule has 0 aromatic heterocycles. The van der Waals surface area contributed by atoms with Crippen LogP contribution in [0.3, 0.4) is 0 Å². The highest BCUT2D eigenvalue weighted by molar-refractivity contribution is 5.94. The standard InChI is InChI=1S/C15H22N2O3/c1-12-7-4-5-8-14(12)16-15(19)11-17(13(2)18)9-6-10-20-3/h4-5,7-8H,6,9-11H2,1-3H3,(H,16,19). The SMILES string of the molecule is COCCCN(CC(=O)Nc1ccccc1C)C(C)=O. The van der Waals surface area contributed by atoms with E-state index in [0.29, 0.717) is 19.6 Å². The van der Waals surface area contributed by atoms with Gasteiger partial charge in [0.15, 0.2) is 0 Å². The topological polar surface area (TPSA) is 58.6 Å². The molecule has 1 aromatic carbocycles. The van der Waals surface area contributed by atoms with E-state index < -0.39 is 0 Å². The Kier molecular flexibility index (Phi) is 6.73. The highest BCUT2D eigenvalue weighted by Gasteiger charge is 2.13. The minimum atomic E-state index is -0.188. The van der Waals surface area contributed by atoms with E-state index >= 15 is 0 Å². The number of anilines is 1. The van der Waals surface area contributed by atoms with Crippen LogP contribution < -0.4 is 5.32 Å². The highest BCUT2D eigenvalue weighted by Crippen LogP contribution is 2.12. The third-order valence-electron chi connectivity index (χ3n) is 2.98. The number of amides is 2. The minimum absolute atomic E-state index is 0.0629. The van der Waals surface area contributed by atoms with Crippen LogP contribution in [0.5, 0.6) is 0 Å². The largest absolute Gasteiger partial charge is 0.385 e. The predicted molar refractivity (Wildman–Crippen MR) is 78.6 cm³/mol. The number of nitrogens with zero attached hydrogens (tertiary/aromatic N) is 1. The van der Waals surface area contributed by atoms with Gasteiger partial charge in [-0.25, -0.2) is 0 Å². The van der Waals surface area contributed by atoms with Crippen LogP contribution in [0.2, 0.25) is 0 Å². The third-order valence-corrected chi connectivity index (χ3v) is 2.98. The molecular formula is C15H22N2O3. The van der Waals surface area contributed by atoms with E-state index in [2.05, 4.69) is 5.32 Å². The summed E-state index contributed by atoms with van der Waals surface area (Å²) in [4.78, 5) is 25.0. The van der Waals surface area contributed by atoms with Crippen LogP contribution in [0, 0.1) is 6.92 Å². The second-order valence-electron chi connectivity index (χ2n) is 4.65. The number of para-hydroxylation sites is 1. The summed E-state index contributed by atoms with van der Waals surface area (Å²) in [7, 11) is 1.61. The van der Waals surface area contributed by atoms with Crippen LogP contribution in [-0.2, 0) is 14.3 Å². The summed E-state index contributed by atoms with van der Waals surface area (Å²) in [6, 6.07) is 7.55. The number of methoxy groups -OCH3 is 1. The normalized spacial score (nSPS) is 10.2. The van der Waals surface area contributed by atoms with Crippen LogP contribution >= 0.6 is 0 Å². The maximum Gasteiger partial charge on any atom is 0.244 e. The van der Waals surface area contributed by atoms with Gasteiger partial charge in [-0.2, -0.15) is 0 Å². The first-order chi connectivity index (χ1) is 9.54. The molecule has 0 aliphatic rings. The number of carbonyl (C=O) groups excluding carboxylic acids is 2. The van der Waals surface area contributed by atoms with E-state index in [1.165, 1.54) is 11.8 Å². The predicted octanol–water partition coefficient (Wildman–Crippen LogP) is 1.82. The maximum atomic E-state index is 12.0. The van der Waals surface area contributed by atoms with Gasteiger partial charge in [0.1, 0.15) is 0 Å². The Bertz CT molecular complexity index is 460. The molecule has 0 spiro atoms. The molecule has 0 aliphatic carbocycles. The number of hydrogen-bond donors (Lipinski definition) is 1. The van der Waals surface area contributed by atoms with Crippen molar-refractivity contribution in [1.29, 1.82) is 0 Å². The van der Waals surface area contributed by atoms with E-state index in [-0.39, 0.29) is 18.4 Å². The summed E-state index contributed by atoms with van der Waals surface area (Å²) in [5.41, 5.74) is 1.77. The molecule has 1 N–H and O–H groups in total. The number of ether oxygens (including phenoxy) is 1. The van der Waals surface area contributed by atoms with Crippen molar-refractivity contribution >= 4 is 17.5 Å². The van der Waals surface area contributed by atoms with Crippen molar-refractivity contribution in [2.24, 2.45) is 0 Å². The molecule has 0 unspecified atom stereocenters. The van der Waals surface area contributed by atoms with Crippen LogP contribution in [0.25, 0.3) is 0 Å². The molecule has 0 aliphatic heterocycles. The van der Waals surface area contributed by atoms with Gasteiger partial charge < -0.3 is 15.0 Å². The first kappa shape index (κ1) is 16.2. The Balaban J connectivity index is 2.54. The summed E-state index contributed by atoms with van der Waals surface area (Å²) in [5.74, 6) is -0.298. The number of nitrogens with one attached hydrogen (secondary N) is 1. The zero-order valence-electron chi connectivity index (χ0n) is 12.3. The van der Waals surface area contributed by atoms with Gasteiger partial charge in [-0.3, -0.25) is 9.59 Å². The van der Waals surface area contributed by atoms with Gasteiger partial charge in [-0.15, -0.1) is 0 Å². The Morgan fingerprint density at radius 3 is 2.60 bits per heavy atom. The molecule has 1 rings (SSSR count). The van der Waals surface area contributed by atoms with Crippen molar-refractivity contribution in [1.82, 2.24) is 4.90 Å². The molecule has 0 saturated heterocycles. The molecule has 20 heavy (non-hydrogen) atoms. The average Bonchev–Trinajstić information content (AvgIpc) is 2.40. The molecular weight excluding hydrogens is 256 g/mol. The van der Waals surface area contributed by atoms with Gasteiger partial charge in [-0.1, -0.05) is 18.2 Å². The molecule has 0 saturated carbocycles. The Morgan fingerprint density at radius 2 is 2.00 bits per heavy atom. The second kappa shape index (κ2) is 8.32. The van der Waals surface area contributed by atoms with Gasteiger partial charge in [0.05, 0.1) is 6.54 Å². The van der Waals surface area contributed by atoms with Crippen molar-refractivity contribution in [2.45, 2.75) is 20.3 Å². The summed E-state index contributed by atoms with van der Waals surface area (Å²) in [6.07, 6.45) is 0.716. The minimum Gasteiger partial charge on any atom is -0.385 e. The molecule has 5 heteroatoms. The zero-order chi connectivity index (χ0) is 15.0. The van der Waals surface area contributed by atoms with E-state index in [0.717, 1.165) is 11.3 Å². The second-order valence-corrected chi connectivity index (χ2v) is 4.65. The van der Waals surface area contributed by atoms with Crippen LogP contribution in [0.15, 0.2) is 24.3 Å². The maximum absolute atomic E-state index is 12.0. The zero-order valence-corrected chi connectivity index (χ0v) is 12.3. The van der Waals surface area contributed by atoms with Gasteiger partial charge in [0, 0.05) is 32.9 Å². The molecule has 0 heterocycles. The van der Waals surface area contributed by atoms with E-state index in [9.17, 15) is 9.59 Å². The fraction of sp³-hybridized carbons (Fsp3) is 0.467. The van der Waals surface area contributed by atoms with Crippen LogP contribution in [-0.4, -0.2) is 43.5 Å². The third kappa shape index (κ3) is 5.40. The Morgan fingerprint density at radius 1 is 1.30 bits per heavy atom. The monoisotopic (exact) mass is 278 g/mol. The number of carbonyl (C=O) groups is 2. The Hall–Kier alpha value is -1.88. The molecule has 110 valence electrons. The molecule has 1 aromatic rings. The first-order valence-electron chi connectivity index (χ1n) is 6.64. The van der Waals surface area contributed by atoms with Crippen LogP contribution in [0.4, 0.5) is 5.69 Å². The lowest BCUT2D eigenvalue weighted by Gasteiger charge is -2.20. The van der Waals surface area contributed by atoms with Gasteiger partial charge >= 0.3 is 0 Å². The van der Waals surface area contributed by atoms with E-state index in [1.807, 2.05) is 31.2 Å². The number of hydrogen-bond acceptors (Lipinski definition) is 3. The van der Waals surface area contributed by atoms with Gasteiger partial charge in [0.2, 0.25) is 11.8 Å². The molecule has 0 fully saturated rings. The van der Waals surface area contributed by atoms with Crippen molar-refractivity contribution in [3.63, 3.8) is 0 Å². The smallest absolute Gasteiger partial charge is 0.244 e. The van der Waals surface area contributed by atoms with Gasteiger partial charge in [-0.05, 0) is 25.0 Å². The molecule has 5 nitrogen and oxygen atoms in total. The van der Waals surface area contributed by atoms with Crippen LogP contribution in [0.1, 0.15) is 18.9 Å². The first-order valence-corrected chi connectivity index (χ1v) is 6.64. The highest BCUT2D eigenvalue weighted by atomic mass is 16.5. The average molecular weight is 278 g/mol. The lowest BCUT2D eigenvalue weighted by molar-refractivity contribution is -0.132. The van der Waals surface area contributed by atoms with E-state index in [4.69, 9.17) is 4.74 Å².